The molecule has 0 bridgehead atoms. The molecule has 2 aromatic carbocycles. The molecule has 0 radical (unpaired) electrons. The lowest BCUT2D eigenvalue weighted by Crippen LogP contribution is -2.22. The predicted octanol–water partition coefficient (Wildman–Crippen LogP) is 3.49. The number of nitrogens with two attached hydrogens (primary N) is 1. The largest absolute Gasteiger partial charge is 0.370 e. The van der Waals surface area contributed by atoms with E-state index in [-0.39, 0.29) is 5.82 Å². The van der Waals surface area contributed by atoms with Crippen LogP contribution in [0.15, 0.2) is 53.5 Å². The first-order valence-electron chi connectivity index (χ1n) is 7.01. The van der Waals surface area contributed by atoms with Gasteiger partial charge in [-0.1, -0.05) is 29.8 Å². The van der Waals surface area contributed by atoms with Crippen LogP contribution in [0.25, 0.3) is 0 Å². The molecular weight excluding hydrogens is 265 g/mol. The highest BCUT2D eigenvalue weighted by Gasteiger charge is 1.97. The SMILES string of the molecule is Cc1ccc(NC(N)=NCCCc2cccc(F)c2)cc1. The summed E-state index contributed by atoms with van der Waals surface area (Å²) in [6.45, 7) is 2.65. The zero-order chi connectivity index (χ0) is 15.1. The lowest BCUT2D eigenvalue weighted by molar-refractivity contribution is 0.624. The van der Waals surface area contributed by atoms with Crippen molar-refractivity contribution in [3.8, 4) is 0 Å². The second kappa shape index (κ2) is 7.43. The summed E-state index contributed by atoms with van der Waals surface area (Å²) in [4.78, 5) is 4.27. The van der Waals surface area contributed by atoms with E-state index in [2.05, 4.69) is 10.3 Å². The van der Waals surface area contributed by atoms with Gasteiger partial charge in [0.1, 0.15) is 5.82 Å². The van der Waals surface area contributed by atoms with E-state index in [0.29, 0.717) is 12.5 Å². The zero-order valence-electron chi connectivity index (χ0n) is 12.1. The van der Waals surface area contributed by atoms with Crippen molar-refractivity contribution < 1.29 is 4.39 Å². The third-order valence-corrected chi connectivity index (χ3v) is 3.12. The highest BCUT2D eigenvalue weighted by Crippen LogP contribution is 2.08. The van der Waals surface area contributed by atoms with Crippen molar-refractivity contribution in [1.29, 1.82) is 0 Å². The standard InChI is InChI=1S/C17H20FN3/c1-13-7-9-16(10-8-13)21-17(19)20-11-3-5-14-4-2-6-15(18)12-14/h2,4,6-10,12H,3,5,11H2,1H3,(H3,19,20,21). The highest BCUT2D eigenvalue weighted by atomic mass is 19.1. The van der Waals surface area contributed by atoms with Gasteiger partial charge in [-0.3, -0.25) is 4.99 Å². The fourth-order valence-electron chi connectivity index (χ4n) is 2.00. The van der Waals surface area contributed by atoms with E-state index in [1.54, 1.807) is 12.1 Å². The van der Waals surface area contributed by atoms with Gasteiger partial charge in [0.05, 0.1) is 0 Å². The maximum Gasteiger partial charge on any atom is 0.193 e. The summed E-state index contributed by atoms with van der Waals surface area (Å²) in [5.41, 5.74) is 8.93. The first kappa shape index (κ1) is 15.0. The topological polar surface area (TPSA) is 50.4 Å². The van der Waals surface area contributed by atoms with Crippen LogP contribution in [0, 0.1) is 12.7 Å². The van der Waals surface area contributed by atoms with Crippen LogP contribution in [0.4, 0.5) is 10.1 Å². The number of aryl methyl sites for hydroxylation is 2. The predicted molar refractivity (Wildman–Crippen MR) is 86.0 cm³/mol. The van der Waals surface area contributed by atoms with Crippen molar-refractivity contribution in [3.05, 3.63) is 65.5 Å². The molecule has 0 aliphatic heterocycles. The summed E-state index contributed by atoms with van der Waals surface area (Å²) < 4.78 is 13.0. The molecule has 0 aromatic heterocycles. The highest BCUT2D eigenvalue weighted by molar-refractivity contribution is 5.92. The number of nitrogens with zero attached hydrogens (tertiary/aromatic N) is 1. The molecule has 21 heavy (non-hydrogen) atoms. The van der Waals surface area contributed by atoms with Gasteiger partial charge in [0.15, 0.2) is 5.96 Å². The summed E-state index contributed by atoms with van der Waals surface area (Å²) >= 11 is 0. The third-order valence-electron chi connectivity index (χ3n) is 3.12. The average Bonchev–Trinajstić information content (AvgIpc) is 2.46. The minimum absolute atomic E-state index is 0.198. The Labute approximate surface area is 124 Å². The first-order valence-corrected chi connectivity index (χ1v) is 7.01. The molecule has 4 heteroatoms. The summed E-state index contributed by atoms with van der Waals surface area (Å²) in [5, 5.41) is 3.04. The number of hydrogen-bond donors (Lipinski definition) is 2. The van der Waals surface area contributed by atoms with Crippen LogP contribution >= 0.6 is 0 Å². The Morgan fingerprint density at radius 3 is 2.67 bits per heavy atom. The van der Waals surface area contributed by atoms with E-state index in [1.165, 1.54) is 11.6 Å². The number of anilines is 1. The molecule has 0 fully saturated rings. The molecule has 0 heterocycles. The number of nitrogens with one attached hydrogen (secondary N) is 1. The fourth-order valence-corrected chi connectivity index (χ4v) is 2.00. The summed E-state index contributed by atoms with van der Waals surface area (Å²) in [7, 11) is 0. The van der Waals surface area contributed by atoms with Crippen molar-refractivity contribution in [2.75, 3.05) is 11.9 Å². The Bertz CT molecular complexity index is 606. The average molecular weight is 285 g/mol. The van der Waals surface area contributed by atoms with Crippen molar-refractivity contribution in [3.63, 3.8) is 0 Å². The summed E-state index contributed by atoms with van der Waals surface area (Å²) in [6.07, 6.45) is 1.62. The molecule has 0 amide bonds. The number of guanidine groups is 1. The number of aliphatic imine (C=N–C) groups is 1. The van der Waals surface area contributed by atoms with Crippen molar-refractivity contribution in [2.45, 2.75) is 19.8 Å². The smallest absolute Gasteiger partial charge is 0.193 e. The Kier molecular flexibility index (Phi) is 5.32. The quantitative estimate of drug-likeness (QED) is 0.502. The van der Waals surface area contributed by atoms with Gasteiger partial charge in [-0.05, 0) is 49.6 Å². The van der Waals surface area contributed by atoms with Crippen molar-refractivity contribution in [2.24, 2.45) is 10.7 Å². The molecule has 2 aromatic rings. The molecule has 3 nitrogen and oxygen atoms in total. The first-order chi connectivity index (χ1) is 10.1. The van der Waals surface area contributed by atoms with E-state index in [1.807, 2.05) is 37.3 Å². The molecule has 110 valence electrons. The van der Waals surface area contributed by atoms with Crippen LogP contribution < -0.4 is 11.1 Å². The number of hydrogen-bond acceptors (Lipinski definition) is 1. The van der Waals surface area contributed by atoms with Crippen LogP contribution in [0.1, 0.15) is 17.5 Å². The van der Waals surface area contributed by atoms with Gasteiger partial charge in [-0.2, -0.15) is 0 Å². The summed E-state index contributed by atoms with van der Waals surface area (Å²) in [5.74, 6) is 0.203. The van der Waals surface area contributed by atoms with Gasteiger partial charge >= 0.3 is 0 Å². The minimum Gasteiger partial charge on any atom is -0.370 e. The van der Waals surface area contributed by atoms with Gasteiger partial charge in [0.2, 0.25) is 0 Å². The van der Waals surface area contributed by atoms with Gasteiger partial charge in [-0.15, -0.1) is 0 Å². The molecule has 0 saturated carbocycles. The Morgan fingerprint density at radius 1 is 1.19 bits per heavy atom. The Morgan fingerprint density at radius 2 is 1.95 bits per heavy atom. The van der Waals surface area contributed by atoms with Gasteiger partial charge in [0, 0.05) is 12.2 Å². The lowest BCUT2D eigenvalue weighted by Gasteiger charge is -2.06. The van der Waals surface area contributed by atoms with Crippen LogP contribution in [0.3, 0.4) is 0 Å². The van der Waals surface area contributed by atoms with Crippen LogP contribution in [-0.2, 0) is 6.42 Å². The number of benzene rings is 2. The molecule has 2 rings (SSSR count). The van der Waals surface area contributed by atoms with E-state index in [4.69, 9.17) is 5.73 Å². The van der Waals surface area contributed by atoms with Crippen LogP contribution in [-0.4, -0.2) is 12.5 Å². The summed E-state index contributed by atoms with van der Waals surface area (Å²) in [6, 6.07) is 14.6. The molecular formula is C17H20FN3. The molecule has 3 N–H and O–H groups in total. The minimum atomic E-state index is -0.198. The van der Waals surface area contributed by atoms with Crippen LogP contribution in [0.5, 0.6) is 0 Å². The van der Waals surface area contributed by atoms with Crippen LogP contribution in [0.2, 0.25) is 0 Å². The Balaban J connectivity index is 1.77. The van der Waals surface area contributed by atoms with E-state index in [9.17, 15) is 4.39 Å². The second-order valence-corrected chi connectivity index (χ2v) is 4.99. The second-order valence-electron chi connectivity index (χ2n) is 4.99. The fraction of sp³-hybridized carbons (Fsp3) is 0.235. The number of halogens is 1. The maximum atomic E-state index is 13.0. The number of rotatable bonds is 5. The van der Waals surface area contributed by atoms with E-state index < -0.39 is 0 Å². The molecule has 0 aliphatic rings. The monoisotopic (exact) mass is 285 g/mol. The van der Waals surface area contributed by atoms with Crippen molar-refractivity contribution >= 4 is 11.6 Å². The van der Waals surface area contributed by atoms with E-state index in [0.717, 1.165) is 24.1 Å². The lowest BCUT2D eigenvalue weighted by atomic mass is 10.1. The van der Waals surface area contributed by atoms with E-state index >= 15 is 0 Å². The zero-order valence-corrected chi connectivity index (χ0v) is 12.1. The molecule has 0 aliphatic carbocycles. The molecule has 0 saturated heterocycles. The van der Waals surface area contributed by atoms with Crippen molar-refractivity contribution in [1.82, 2.24) is 0 Å². The van der Waals surface area contributed by atoms with Gasteiger partial charge < -0.3 is 11.1 Å². The maximum absolute atomic E-state index is 13.0. The Hall–Kier alpha value is -2.36. The van der Waals surface area contributed by atoms with Gasteiger partial charge in [-0.25, -0.2) is 4.39 Å². The molecule has 0 spiro atoms. The normalized spacial score (nSPS) is 11.4. The molecule has 0 unspecified atom stereocenters. The third kappa shape index (κ3) is 5.26. The molecule has 0 atom stereocenters. The van der Waals surface area contributed by atoms with Gasteiger partial charge in [0.25, 0.3) is 0 Å².